The van der Waals surface area contributed by atoms with E-state index in [4.69, 9.17) is 20.9 Å². The van der Waals surface area contributed by atoms with Crippen LogP contribution < -0.4 is 5.32 Å². The topological polar surface area (TPSA) is 84.9 Å². The number of hydrogen-bond donors (Lipinski definition) is 2. The standard InChI is InChI=1S/C17H27ClNO5P/c1-5-25(22)23-11-15(20)14(12-6-8-13(18)9-7-12)10-19-16(21)24-17(2,3)4/h6-9,14-15,20,25H,5,10-11H2,1-4H3,(H,19,21). The molecule has 0 spiro atoms. The van der Waals surface area contributed by atoms with E-state index >= 15 is 0 Å². The smallest absolute Gasteiger partial charge is 0.407 e. The van der Waals surface area contributed by atoms with Crippen molar-refractivity contribution in [2.24, 2.45) is 0 Å². The fourth-order valence-electron chi connectivity index (χ4n) is 2.09. The highest BCUT2D eigenvalue weighted by Gasteiger charge is 2.24. The average molecular weight is 392 g/mol. The summed E-state index contributed by atoms with van der Waals surface area (Å²) in [7, 11) is -2.14. The molecule has 0 saturated heterocycles. The molecule has 8 heteroatoms. The highest BCUT2D eigenvalue weighted by Crippen LogP contribution is 2.26. The van der Waals surface area contributed by atoms with Crippen LogP contribution in [0.15, 0.2) is 24.3 Å². The molecule has 0 bridgehead atoms. The number of benzene rings is 1. The Morgan fingerprint density at radius 3 is 2.44 bits per heavy atom. The highest BCUT2D eigenvalue weighted by molar-refractivity contribution is 7.39. The number of aliphatic hydroxyl groups is 1. The van der Waals surface area contributed by atoms with Crippen LogP contribution in [0.4, 0.5) is 4.79 Å². The summed E-state index contributed by atoms with van der Waals surface area (Å²) in [5.41, 5.74) is 0.176. The van der Waals surface area contributed by atoms with E-state index in [2.05, 4.69) is 5.32 Å². The van der Waals surface area contributed by atoms with Crippen LogP contribution in [0.25, 0.3) is 0 Å². The number of halogens is 1. The fourth-order valence-corrected chi connectivity index (χ4v) is 2.78. The van der Waals surface area contributed by atoms with E-state index in [1.807, 2.05) is 0 Å². The SMILES string of the molecule is CC[PH](=O)OCC(O)C(CNC(=O)OC(C)(C)C)c1ccc(Cl)cc1. The predicted molar refractivity (Wildman–Crippen MR) is 99.9 cm³/mol. The molecule has 3 unspecified atom stereocenters. The third kappa shape index (κ3) is 8.73. The molecule has 0 aromatic heterocycles. The van der Waals surface area contributed by atoms with Crippen LogP contribution in [0.2, 0.25) is 5.02 Å². The van der Waals surface area contributed by atoms with Gasteiger partial charge in [0.1, 0.15) is 5.60 Å². The van der Waals surface area contributed by atoms with Crippen LogP contribution in [0.5, 0.6) is 0 Å². The van der Waals surface area contributed by atoms with Gasteiger partial charge in [-0.1, -0.05) is 30.7 Å². The lowest BCUT2D eigenvalue weighted by Crippen LogP contribution is -2.38. The van der Waals surface area contributed by atoms with Gasteiger partial charge in [-0.25, -0.2) is 4.79 Å². The highest BCUT2D eigenvalue weighted by atomic mass is 35.5. The molecule has 0 radical (unpaired) electrons. The van der Waals surface area contributed by atoms with Gasteiger partial charge >= 0.3 is 6.09 Å². The van der Waals surface area contributed by atoms with E-state index in [0.717, 1.165) is 5.56 Å². The van der Waals surface area contributed by atoms with Crippen molar-refractivity contribution in [3.8, 4) is 0 Å². The van der Waals surface area contributed by atoms with Gasteiger partial charge in [-0.05, 0) is 38.5 Å². The number of amides is 1. The second kappa shape index (κ2) is 10.2. The Balaban J connectivity index is 2.79. The molecule has 1 aromatic carbocycles. The zero-order chi connectivity index (χ0) is 19.0. The average Bonchev–Trinajstić information content (AvgIpc) is 2.52. The molecule has 0 saturated carbocycles. The second-order valence-electron chi connectivity index (χ2n) is 6.64. The molecule has 0 fully saturated rings. The first-order chi connectivity index (χ1) is 11.6. The van der Waals surface area contributed by atoms with Crippen LogP contribution in [0, 0.1) is 0 Å². The van der Waals surface area contributed by atoms with Crippen LogP contribution in [0.3, 0.4) is 0 Å². The quantitative estimate of drug-likeness (QED) is 0.658. The molecule has 0 aliphatic rings. The Morgan fingerprint density at radius 2 is 1.92 bits per heavy atom. The van der Waals surface area contributed by atoms with Crippen molar-refractivity contribution in [2.45, 2.75) is 45.3 Å². The third-order valence-corrected chi connectivity index (χ3v) is 4.65. The third-order valence-electron chi connectivity index (χ3n) is 3.33. The summed E-state index contributed by atoms with van der Waals surface area (Å²) >= 11 is 5.90. The minimum Gasteiger partial charge on any atom is -0.444 e. The van der Waals surface area contributed by atoms with Gasteiger partial charge in [-0.2, -0.15) is 0 Å². The number of hydrogen-bond acceptors (Lipinski definition) is 5. The van der Waals surface area contributed by atoms with E-state index in [0.29, 0.717) is 11.2 Å². The monoisotopic (exact) mass is 391 g/mol. The lowest BCUT2D eigenvalue weighted by atomic mass is 9.93. The summed E-state index contributed by atoms with van der Waals surface area (Å²) in [6, 6.07) is 6.96. The Hall–Kier alpha value is -1.07. The second-order valence-corrected chi connectivity index (χ2v) is 8.82. The molecule has 1 amide bonds. The zero-order valence-electron chi connectivity index (χ0n) is 15.0. The maximum absolute atomic E-state index is 11.9. The number of aliphatic hydroxyl groups excluding tert-OH is 1. The first-order valence-electron chi connectivity index (χ1n) is 8.18. The number of ether oxygens (including phenoxy) is 1. The van der Waals surface area contributed by atoms with Gasteiger partial charge in [0, 0.05) is 23.6 Å². The van der Waals surface area contributed by atoms with E-state index in [1.165, 1.54) is 0 Å². The molecule has 0 aliphatic heterocycles. The van der Waals surface area contributed by atoms with Gasteiger partial charge in [-0.15, -0.1) is 0 Å². The van der Waals surface area contributed by atoms with Crippen molar-refractivity contribution in [1.29, 1.82) is 0 Å². The number of carbonyl (C=O) groups is 1. The van der Waals surface area contributed by atoms with E-state index in [9.17, 15) is 14.5 Å². The fraction of sp³-hybridized carbons (Fsp3) is 0.588. The summed E-state index contributed by atoms with van der Waals surface area (Å²) < 4.78 is 21.9. The van der Waals surface area contributed by atoms with Crippen molar-refractivity contribution in [3.05, 3.63) is 34.9 Å². The van der Waals surface area contributed by atoms with Gasteiger partial charge < -0.3 is 19.7 Å². The first-order valence-corrected chi connectivity index (χ1v) is 10.1. The maximum Gasteiger partial charge on any atom is 0.407 e. The van der Waals surface area contributed by atoms with Crippen molar-refractivity contribution in [1.82, 2.24) is 5.32 Å². The number of carbonyl (C=O) groups excluding carboxylic acids is 1. The van der Waals surface area contributed by atoms with Gasteiger partial charge in [0.25, 0.3) is 0 Å². The van der Waals surface area contributed by atoms with Gasteiger partial charge in [-0.3, -0.25) is 4.57 Å². The molecule has 0 heterocycles. The lowest BCUT2D eigenvalue weighted by Gasteiger charge is -2.25. The molecule has 142 valence electrons. The van der Waals surface area contributed by atoms with E-state index < -0.39 is 31.7 Å². The first kappa shape index (κ1) is 22.0. The molecule has 1 rings (SSSR count). The summed E-state index contributed by atoms with van der Waals surface area (Å²) in [6.45, 7) is 7.15. The van der Waals surface area contributed by atoms with Crippen molar-refractivity contribution in [3.63, 3.8) is 0 Å². The lowest BCUT2D eigenvalue weighted by molar-refractivity contribution is 0.0489. The van der Waals surface area contributed by atoms with Gasteiger partial charge in [0.15, 0.2) is 8.03 Å². The van der Waals surface area contributed by atoms with Crippen molar-refractivity contribution >= 4 is 25.7 Å². The summed E-state index contributed by atoms with van der Waals surface area (Å²) in [5.74, 6) is -0.448. The molecule has 25 heavy (non-hydrogen) atoms. The minimum atomic E-state index is -2.14. The van der Waals surface area contributed by atoms with Gasteiger partial charge in [0.05, 0.1) is 12.7 Å². The zero-order valence-corrected chi connectivity index (χ0v) is 16.8. The number of rotatable bonds is 8. The molecular weight excluding hydrogens is 365 g/mol. The molecule has 3 atom stereocenters. The normalized spacial score (nSPS) is 15.3. The molecule has 6 nitrogen and oxygen atoms in total. The molecule has 1 aromatic rings. The Labute approximate surface area is 154 Å². The predicted octanol–water partition coefficient (Wildman–Crippen LogP) is 3.82. The summed E-state index contributed by atoms with van der Waals surface area (Å²) in [6.07, 6.45) is -1.09. The Morgan fingerprint density at radius 1 is 1.32 bits per heavy atom. The largest absolute Gasteiger partial charge is 0.444 e. The van der Waals surface area contributed by atoms with Crippen LogP contribution >= 0.6 is 19.6 Å². The van der Waals surface area contributed by atoms with E-state index in [1.54, 1.807) is 52.0 Å². The van der Waals surface area contributed by atoms with Crippen molar-refractivity contribution < 1.29 is 23.7 Å². The van der Waals surface area contributed by atoms with Crippen LogP contribution in [-0.2, 0) is 13.8 Å². The number of alkyl carbamates (subject to hydrolysis) is 1. The number of nitrogens with one attached hydrogen (secondary N) is 1. The van der Waals surface area contributed by atoms with Crippen LogP contribution in [-0.4, -0.2) is 42.2 Å². The van der Waals surface area contributed by atoms with Crippen molar-refractivity contribution in [2.75, 3.05) is 19.3 Å². The van der Waals surface area contributed by atoms with Gasteiger partial charge in [0.2, 0.25) is 0 Å². The van der Waals surface area contributed by atoms with E-state index in [-0.39, 0.29) is 13.2 Å². The Bertz CT molecular complexity index is 573. The molecule has 0 aliphatic carbocycles. The summed E-state index contributed by atoms with van der Waals surface area (Å²) in [5, 5.41) is 13.7. The molecular formula is C17H27ClNO5P. The molecule has 2 N–H and O–H groups in total. The maximum atomic E-state index is 11.9. The van der Waals surface area contributed by atoms with Crippen LogP contribution in [0.1, 0.15) is 39.2 Å². The minimum absolute atomic E-state index is 0.0745. The Kier molecular flexibility index (Phi) is 8.94. The summed E-state index contributed by atoms with van der Waals surface area (Å²) in [4.78, 5) is 11.9.